The van der Waals surface area contributed by atoms with Gasteiger partial charge in [0.1, 0.15) is 11.1 Å². The highest BCUT2D eigenvalue weighted by Gasteiger charge is 2.53. The van der Waals surface area contributed by atoms with Crippen LogP contribution in [0.1, 0.15) is 122 Å². The maximum absolute atomic E-state index is 13.3. The van der Waals surface area contributed by atoms with Crippen molar-refractivity contribution in [1.29, 1.82) is 10.5 Å². The molecule has 0 spiro atoms. The number of alkyl halides is 12. The number of carbonyl (C=O) groups is 2. The highest BCUT2D eigenvalue weighted by Crippen LogP contribution is 2.48. The summed E-state index contributed by atoms with van der Waals surface area (Å²) < 4.78 is 172. The predicted octanol–water partition coefficient (Wildman–Crippen LogP) is 12.4. The summed E-state index contributed by atoms with van der Waals surface area (Å²) in [5.74, 6) is -0.172. The predicted molar refractivity (Wildman–Crippen MR) is 243 cm³/mol. The van der Waals surface area contributed by atoms with Crippen LogP contribution < -0.4 is 5.32 Å². The molecule has 396 valence electrons. The molecule has 4 fully saturated rings. The van der Waals surface area contributed by atoms with Gasteiger partial charge in [0.15, 0.2) is 0 Å². The number of nitriles is 2. The van der Waals surface area contributed by atoms with Gasteiger partial charge in [-0.05, 0) is 111 Å². The van der Waals surface area contributed by atoms with E-state index in [0.717, 1.165) is 11.1 Å². The molecule has 0 aromatic heterocycles. The third-order valence-electron chi connectivity index (χ3n) is 14.9. The van der Waals surface area contributed by atoms with Crippen LogP contribution in [0.15, 0.2) is 97.1 Å². The zero-order chi connectivity index (χ0) is 54.1. The summed E-state index contributed by atoms with van der Waals surface area (Å²) in [6.45, 7) is 3.93. The van der Waals surface area contributed by atoms with Crippen LogP contribution in [-0.2, 0) is 54.7 Å². The Labute approximate surface area is 419 Å². The summed E-state index contributed by atoms with van der Waals surface area (Å²) in [6.07, 6.45) is -18.7. The van der Waals surface area contributed by atoms with Crippen molar-refractivity contribution in [3.63, 3.8) is 0 Å². The number of nitrogens with zero attached hydrogens (tertiary/aromatic N) is 4. The Kier molecular flexibility index (Phi) is 15.7. The second-order valence-electron chi connectivity index (χ2n) is 19.4. The van der Waals surface area contributed by atoms with Gasteiger partial charge in [-0.2, -0.15) is 63.2 Å². The number of carbonyl (C=O) groups excluding carboxylic acids is 2. The van der Waals surface area contributed by atoms with Crippen molar-refractivity contribution in [1.82, 2.24) is 15.1 Å². The molecule has 74 heavy (non-hydrogen) atoms. The number of hydrogen-bond acceptors (Lipinski definition) is 7. The molecule has 0 unspecified atom stereocenters. The lowest BCUT2D eigenvalue weighted by atomic mass is 9.64. The highest BCUT2D eigenvalue weighted by molar-refractivity contribution is 5.83. The molecule has 9 nitrogen and oxygen atoms in total. The fourth-order valence-corrected chi connectivity index (χ4v) is 10.1. The Balaban J connectivity index is 0.000000216. The van der Waals surface area contributed by atoms with Gasteiger partial charge in [-0.1, -0.05) is 60.7 Å². The first kappa shape index (κ1) is 55.6. The molecule has 4 aliphatic rings. The molecule has 3 heterocycles. The van der Waals surface area contributed by atoms with Crippen LogP contribution in [0.25, 0.3) is 0 Å². The molecule has 8 rings (SSSR count). The van der Waals surface area contributed by atoms with Crippen LogP contribution in [0.3, 0.4) is 0 Å². The van der Waals surface area contributed by atoms with Gasteiger partial charge >= 0.3 is 24.7 Å². The maximum atomic E-state index is 13.3. The van der Waals surface area contributed by atoms with E-state index in [9.17, 15) is 72.8 Å². The van der Waals surface area contributed by atoms with Crippen LogP contribution in [0.5, 0.6) is 0 Å². The molecule has 0 radical (unpaired) electrons. The largest absolute Gasteiger partial charge is 0.416 e. The second kappa shape index (κ2) is 20.9. The Hall–Kier alpha value is -6.16. The van der Waals surface area contributed by atoms with Gasteiger partial charge in [0.25, 0.3) is 0 Å². The van der Waals surface area contributed by atoms with E-state index >= 15 is 0 Å². The average molecular weight is 1050 g/mol. The van der Waals surface area contributed by atoms with Gasteiger partial charge in [0.05, 0.1) is 65.4 Å². The monoisotopic (exact) mass is 1050 g/mol. The van der Waals surface area contributed by atoms with Gasteiger partial charge < -0.3 is 24.6 Å². The molecule has 4 aromatic rings. The fraction of sp³-hybridized carbons (Fsp3) is 0.472. The molecular formula is C53H51F12N5O4. The average Bonchev–Trinajstić information content (AvgIpc) is 3.36. The lowest BCUT2D eigenvalue weighted by Crippen LogP contribution is -2.67. The molecule has 1 saturated carbocycles. The Morgan fingerprint density at radius 2 is 0.919 bits per heavy atom. The molecule has 2 amide bonds. The molecular weight excluding hydrogens is 999 g/mol. The molecule has 3 saturated heterocycles. The lowest BCUT2D eigenvalue weighted by molar-refractivity contribution is -0.149. The second-order valence-corrected chi connectivity index (χ2v) is 19.4. The van der Waals surface area contributed by atoms with Crippen LogP contribution >= 0.6 is 0 Å². The smallest absolute Gasteiger partial charge is 0.373 e. The Bertz CT molecular complexity index is 2480. The van der Waals surface area contributed by atoms with Crippen LogP contribution in [0.4, 0.5) is 52.7 Å². The van der Waals surface area contributed by atoms with Crippen molar-refractivity contribution in [3.05, 3.63) is 142 Å². The zero-order valence-electron chi connectivity index (χ0n) is 40.0. The third kappa shape index (κ3) is 11.7. The minimum absolute atomic E-state index is 0.0330. The molecule has 21 heteroatoms. The maximum Gasteiger partial charge on any atom is 0.416 e. The number of rotatable bonds is 12. The SMILES string of the molecule is C[C@@H](OCC1(c2ccccc2)CCC(C#N)(N2CCC2=O)CC1)c1cc(C(F)(F)F)cc(C(F)(F)F)c1.C[C@@H](OC[C@@]1(c2ccccc2)CC[C@](C#N)(N2CCC2=O)CN1)c1cc(C(F)(F)F)cc(C(F)(F)F)c1. The summed E-state index contributed by atoms with van der Waals surface area (Å²) in [5, 5.41) is 23.2. The number of piperidine rings is 1. The number of amides is 2. The molecule has 4 atom stereocenters. The van der Waals surface area contributed by atoms with Crippen molar-refractivity contribution in [2.75, 3.05) is 32.8 Å². The Morgan fingerprint density at radius 3 is 1.26 bits per heavy atom. The molecule has 1 aliphatic carbocycles. The Morgan fingerprint density at radius 1 is 0.541 bits per heavy atom. The first-order valence-corrected chi connectivity index (χ1v) is 23.7. The third-order valence-corrected chi connectivity index (χ3v) is 14.9. The first-order valence-electron chi connectivity index (χ1n) is 23.7. The van der Waals surface area contributed by atoms with E-state index in [0.29, 0.717) is 88.7 Å². The fourth-order valence-electron chi connectivity index (χ4n) is 10.1. The summed E-state index contributed by atoms with van der Waals surface area (Å²) in [4.78, 5) is 27.3. The summed E-state index contributed by atoms with van der Waals surface area (Å²) >= 11 is 0. The molecule has 3 aliphatic heterocycles. The van der Waals surface area contributed by atoms with Crippen molar-refractivity contribution < 1.29 is 71.7 Å². The number of ether oxygens (including phenoxy) is 2. The molecule has 1 N–H and O–H groups in total. The summed E-state index contributed by atoms with van der Waals surface area (Å²) in [7, 11) is 0. The lowest BCUT2D eigenvalue weighted by Gasteiger charge is -2.51. The summed E-state index contributed by atoms with van der Waals surface area (Å²) in [5.41, 5.74) is -7.77. The quantitative estimate of drug-likeness (QED) is 0.111. The minimum Gasteiger partial charge on any atom is -0.373 e. The number of likely N-dealkylation sites (tertiary alicyclic amines) is 2. The van der Waals surface area contributed by atoms with Crippen molar-refractivity contribution in [2.45, 2.75) is 124 Å². The number of hydrogen-bond donors (Lipinski definition) is 1. The van der Waals surface area contributed by atoms with Crippen LogP contribution in [0, 0.1) is 22.7 Å². The van der Waals surface area contributed by atoms with Gasteiger partial charge in [-0.15, -0.1) is 0 Å². The van der Waals surface area contributed by atoms with Crippen molar-refractivity contribution in [2.24, 2.45) is 0 Å². The normalized spacial score (nSPS) is 25.4. The van der Waals surface area contributed by atoms with Crippen LogP contribution in [-0.4, -0.2) is 65.5 Å². The van der Waals surface area contributed by atoms with E-state index in [1.54, 1.807) is 21.9 Å². The van der Waals surface area contributed by atoms with Crippen LogP contribution in [0.2, 0.25) is 0 Å². The van der Waals surface area contributed by atoms with E-state index in [2.05, 4.69) is 17.5 Å². The number of nitrogens with one attached hydrogen (secondary N) is 1. The number of β-lactam (4-membered cyclic amide) rings is 2. The molecule has 4 aromatic carbocycles. The van der Waals surface area contributed by atoms with E-state index in [4.69, 9.17) is 9.47 Å². The first-order chi connectivity index (χ1) is 34.6. The van der Waals surface area contributed by atoms with Crippen molar-refractivity contribution in [3.8, 4) is 12.1 Å². The number of benzene rings is 4. The zero-order valence-corrected chi connectivity index (χ0v) is 40.0. The van der Waals surface area contributed by atoms with Gasteiger partial charge in [-0.3, -0.25) is 9.59 Å². The topological polar surface area (TPSA) is 119 Å². The van der Waals surface area contributed by atoms with E-state index < -0.39 is 81.2 Å². The van der Waals surface area contributed by atoms with E-state index in [-0.39, 0.29) is 54.8 Å². The van der Waals surface area contributed by atoms with Crippen molar-refractivity contribution >= 4 is 11.8 Å². The van der Waals surface area contributed by atoms with Gasteiger partial charge in [-0.25, -0.2) is 0 Å². The van der Waals surface area contributed by atoms with Gasteiger partial charge in [0.2, 0.25) is 11.8 Å². The minimum atomic E-state index is -4.96. The van der Waals surface area contributed by atoms with Gasteiger partial charge in [0, 0.05) is 37.9 Å². The van der Waals surface area contributed by atoms with E-state index in [1.165, 1.54) is 13.8 Å². The number of halogens is 12. The summed E-state index contributed by atoms with van der Waals surface area (Å²) in [6, 6.07) is 25.9. The molecule has 0 bridgehead atoms. The van der Waals surface area contributed by atoms with E-state index in [1.807, 2.05) is 48.5 Å². The highest BCUT2D eigenvalue weighted by atomic mass is 19.4. The standard InChI is InChI=1S/C27H26F6N2O2.C26H25F6N3O2/c1-18(19-13-21(26(28,29)30)15-22(14-19)27(31,32)33)37-17-24(20-5-3-2-4-6-20)8-10-25(16-34,11-9-24)35-12-7-23(35)36;1-17(18-11-20(25(27,28)29)13-21(12-18)26(30,31)32)37-16-24(19-5-3-2-4-6-19)9-8-23(14-33,15-34-24)35-10-7-22(35)36/h2-6,13-15,18H,7-12,17H2,1H3;2-6,11-13,17,34H,7-10,15-16H2,1H3/t18-,24?,25?;17-,23-,24-/m11/s1.